The summed E-state index contributed by atoms with van der Waals surface area (Å²) in [6, 6.07) is 8.14. The molecule has 2 amide bonds. The number of nitrogens with zero attached hydrogens (tertiary/aromatic N) is 4. The first kappa shape index (κ1) is 24.3. The molecule has 34 heavy (non-hydrogen) atoms. The lowest BCUT2D eigenvalue weighted by molar-refractivity contribution is -0.131. The molecule has 0 bridgehead atoms. The summed E-state index contributed by atoms with van der Waals surface area (Å²) in [5.74, 6) is 0.230. The van der Waals surface area contributed by atoms with Crippen molar-refractivity contribution in [2.45, 2.75) is 50.6 Å². The average Bonchev–Trinajstić information content (AvgIpc) is 3.35. The van der Waals surface area contributed by atoms with E-state index < -0.39 is 10.0 Å². The second-order valence-corrected chi connectivity index (χ2v) is 10.6. The number of rotatable bonds is 8. The number of likely N-dealkylation sites (N-methyl/N-ethyl adjacent to an activating group) is 1. The van der Waals surface area contributed by atoms with Gasteiger partial charge in [0.15, 0.2) is 0 Å². The van der Waals surface area contributed by atoms with Gasteiger partial charge in [-0.05, 0) is 49.6 Å². The molecule has 1 aromatic carbocycles. The molecule has 1 fully saturated rings. The smallest absolute Gasteiger partial charge is 0.250 e. The summed E-state index contributed by atoms with van der Waals surface area (Å²) in [5, 5.41) is 0. The Kier molecular flexibility index (Phi) is 6.99. The number of piperidine rings is 1. The molecule has 0 saturated carbocycles. The number of furan rings is 1. The van der Waals surface area contributed by atoms with E-state index in [1.165, 1.54) is 14.1 Å². The number of hydrogen-bond donors (Lipinski definition) is 0. The Morgan fingerprint density at radius 1 is 1.15 bits per heavy atom. The first-order valence-electron chi connectivity index (χ1n) is 11.8. The standard InChI is InChI=1S/C24H32N4O5S/c1-4-26(5-2)34(31,32)19-11-12-20-22(15-19)28(24(30)21-10-6-7-13-27(20)21)17-23(29)25(3)16-18-9-8-14-33-18/h8-9,11-12,14-15,21H,4-7,10,13,16-17H2,1-3H3. The lowest BCUT2D eigenvalue weighted by Crippen LogP contribution is -2.57. The highest BCUT2D eigenvalue weighted by molar-refractivity contribution is 7.89. The highest BCUT2D eigenvalue weighted by Crippen LogP contribution is 2.41. The molecule has 2 aliphatic heterocycles. The number of carbonyl (C=O) groups is 2. The van der Waals surface area contributed by atoms with E-state index in [2.05, 4.69) is 4.90 Å². The minimum Gasteiger partial charge on any atom is -0.467 e. The third-order valence-electron chi connectivity index (χ3n) is 6.64. The molecular weight excluding hydrogens is 456 g/mol. The maximum absolute atomic E-state index is 13.5. The second-order valence-electron chi connectivity index (χ2n) is 8.70. The molecule has 0 radical (unpaired) electrons. The molecule has 0 N–H and O–H groups in total. The van der Waals surface area contributed by atoms with Crippen molar-refractivity contribution in [3.63, 3.8) is 0 Å². The van der Waals surface area contributed by atoms with Crippen molar-refractivity contribution in [2.24, 2.45) is 0 Å². The van der Waals surface area contributed by atoms with Crippen molar-refractivity contribution >= 4 is 33.2 Å². The largest absolute Gasteiger partial charge is 0.467 e. The van der Waals surface area contributed by atoms with E-state index >= 15 is 0 Å². The fourth-order valence-corrected chi connectivity index (χ4v) is 6.23. The van der Waals surface area contributed by atoms with Crippen LogP contribution in [0.15, 0.2) is 45.9 Å². The zero-order chi connectivity index (χ0) is 24.5. The summed E-state index contributed by atoms with van der Waals surface area (Å²) in [7, 11) is -2.05. The van der Waals surface area contributed by atoms with Gasteiger partial charge in [-0.25, -0.2) is 8.42 Å². The van der Waals surface area contributed by atoms with Crippen LogP contribution >= 0.6 is 0 Å². The van der Waals surface area contributed by atoms with Gasteiger partial charge in [-0.2, -0.15) is 4.31 Å². The zero-order valence-electron chi connectivity index (χ0n) is 19.9. The van der Waals surface area contributed by atoms with E-state index in [1.54, 1.807) is 57.5 Å². The number of carbonyl (C=O) groups excluding carboxylic acids is 2. The van der Waals surface area contributed by atoms with E-state index in [1.807, 2.05) is 0 Å². The van der Waals surface area contributed by atoms with Crippen LogP contribution in [0.5, 0.6) is 0 Å². The summed E-state index contributed by atoms with van der Waals surface area (Å²) in [6.07, 6.45) is 4.17. The quantitative estimate of drug-likeness (QED) is 0.567. The fourth-order valence-electron chi connectivity index (χ4n) is 4.75. The number of sulfonamides is 1. The molecule has 1 aromatic heterocycles. The lowest BCUT2D eigenvalue weighted by atomic mass is 9.96. The molecule has 9 nitrogen and oxygen atoms in total. The second kappa shape index (κ2) is 9.79. The Bertz CT molecular complexity index is 1140. The Balaban J connectivity index is 1.70. The van der Waals surface area contributed by atoms with Gasteiger partial charge in [0.2, 0.25) is 21.8 Å². The number of hydrogen-bond acceptors (Lipinski definition) is 6. The third-order valence-corrected chi connectivity index (χ3v) is 8.68. The number of anilines is 2. The summed E-state index contributed by atoms with van der Waals surface area (Å²) < 4.78 is 33.1. The summed E-state index contributed by atoms with van der Waals surface area (Å²) >= 11 is 0. The molecule has 0 spiro atoms. The Morgan fingerprint density at radius 3 is 2.59 bits per heavy atom. The van der Waals surface area contributed by atoms with E-state index in [0.717, 1.165) is 25.1 Å². The molecule has 1 unspecified atom stereocenters. The van der Waals surface area contributed by atoms with Crippen LogP contribution in [-0.4, -0.2) is 68.7 Å². The zero-order valence-corrected chi connectivity index (χ0v) is 20.8. The molecule has 0 aliphatic carbocycles. The number of benzene rings is 1. The van der Waals surface area contributed by atoms with Crippen LogP contribution in [0.1, 0.15) is 38.9 Å². The number of fused-ring (bicyclic) bond motifs is 3. The fraction of sp³-hybridized carbons (Fsp3) is 0.500. The van der Waals surface area contributed by atoms with Crippen molar-refractivity contribution in [3.05, 3.63) is 42.4 Å². The predicted molar refractivity (Wildman–Crippen MR) is 129 cm³/mol. The van der Waals surface area contributed by atoms with Gasteiger partial charge in [0.1, 0.15) is 18.3 Å². The maximum Gasteiger partial charge on any atom is 0.250 e. The Labute approximate surface area is 201 Å². The van der Waals surface area contributed by atoms with Crippen LogP contribution in [-0.2, 0) is 26.2 Å². The van der Waals surface area contributed by atoms with Crippen molar-refractivity contribution in [3.8, 4) is 0 Å². The molecular formula is C24H32N4O5S. The van der Waals surface area contributed by atoms with Crippen molar-refractivity contribution < 1.29 is 22.4 Å². The van der Waals surface area contributed by atoms with Gasteiger partial charge in [-0.1, -0.05) is 13.8 Å². The van der Waals surface area contributed by atoms with Crippen LogP contribution in [0.4, 0.5) is 11.4 Å². The third kappa shape index (κ3) is 4.44. The summed E-state index contributed by atoms with van der Waals surface area (Å²) in [4.78, 5) is 31.8. The van der Waals surface area contributed by atoms with E-state index in [0.29, 0.717) is 31.0 Å². The molecule has 1 saturated heterocycles. The van der Waals surface area contributed by atoms with Gasteiger partial charge in [0, 0.05) is 26.7 Å². The maximum atomic E-state index is 13.5. The molecule has 1 atom stereocenters. The van der Waals surface area contributed by atoms with Crippen molar-refractivity contribution in [2.75, 3.05) is 43.0 Å². The average molecular weight is 489 g/mol. The van der Waals surface area contributed by atoms with Crippen LogP contribution in [0.25, 0.3) is 0 Å². The minimum absolute atomic E-state index is 0.125. The SMILES string of the molecule is CCN(CC)S(=O)(=O)c1ccc2c(c1)N(CC(=O)N(C)Cc1ccco1)C(=O)C1CCCCN21. The van der Waals surface area contributed by atoms with Gasteiger partial charge in [0.25, 0.3) is 0 Å². The number of amides is 2. The molecule has 3 heterocycles. The highest BCUT2D eigenvalue weighted by Gasteiger charge is 2.41. The normalized spacial score (nSPS) is 18.1. The lowest BCUT2D eigenvalue weighted by Gasteiger charge is -2.45. The van der Waals surface area contributed by atoms with Crippen LogP contribution < -0.4 is 9.80 Å². The van der Waals surface area contributed by atoms with Crippen molar-refractivity contribution in [1.82, 2.24) is 9.21 Å². The Morgan fingerprint density at radius 2 is 1.91 bits per heavy atom. The van der Waals surface area contributed by atoms with Crippen molar-refractivity contribution in [1.29, 1.82) is 0 Å². The van der Waals surface area contributed by atoms with E-state index in [-0.39, 0.29) is 35.8 Å². The molecule has 10 heteroatoms. The summed E-state index contributed by atoms with van der Waals surface area (Å²) in [5.41, 5.74) is 1.26. The topological polar surface area (TPSA) is 94.4 Å². The molecule has 2 aromatic rings. The minimum atomic E-state index is -3.71. The van der Waals surface area contributed by atoms with Crippen LogP contribution in [0, 0.1) is 0 Å². The van der Waals surface area contributed by atoms with E-state index in [9.17, 15) is 18.0 Å². The van der Waals surface area contributed by atoms with Gasteiger partial charge in [0.05, 0.1) is 29.1 Å². The summed E-state index contributed by atoms with van der Waals surface area (Å²) in [6.45, 7) is 5.13. The molecule has 2 aliphatic rings. The van der Waals surface area contributed by atoms with Crippen LogP contribution in [0.3, 0.4) is 0 Å². The Hall–Kier alpha value is -2.85. The molecule has 184 valence electrons. The van der Waals surface area contributed by atoms with Gasteiger partial charge in [-0.15, -0.1) is 0 Å². The first-order chi connectivity index (χ1) is 16.3. The van der Waals surface area contributed by atoms with Gasteiger partial charge >= 0.3 is 0 Å². The van der Waals surface area contributed by atoms with Gasteiger partial charge in [-0.3, -0.25) is 14.5 Å². The predicted octanol–water partition coefficient (Wildman–Crippen LogP) is 2.67. The van der Waals surface area contributed by atoms with E-state index in [4.69, 9.17) is 4.42 Å². The monoisotopic (exact) mass is 488 g/mol. The first-order valence-corrected chi connectivity index (χ1v) is 13.2. The highest BCUT2D eigenvalue weighted by atomic mass is 32.2. The van der Waals surface area contributed by atoms with Crippen LogP contribution in [0.2, 0.25) is 0 Å². The molecule has 4 rings (SSSR count). The van der Waals surface area contributed by atoms with Gasteiger partial charge < -0.3 is 14.2 Å².